The predicted molar refractivity (Wildman–Crippen MR) is 73.8 cm³/mol. The zero-order valence-electron chi connectivity index (χ0n) is 11.5. The molecule has 0 aliphatic rings. The van der Waals surface area contributed by atoms with Gasteiger partial charge in [-0.2, -0.15) is 0 Å². The van der Waals surface area contributed by atoms with Crippen LogP contribution in [0.25, 0.3) is 0 Å². The first-order valence-electron chi connectivity index (χ1n) is 6.22. The molecule has 0 aromatic carbocycles. The third kappa shape index (κ3) is 7.15. The van der Waals surface area contributed by atoms with Gasteiger partial charge in [0, 0.05) is 6.54 Å². The topological polar surface area (TPSA) is 29.1 Å². The van der Waals surface area contributed by atoms with Crippen molar-refractivity contribution in [3.8, 4) is 0 Å². The summed E-state index contributed by atoms with van der Waals surface area (Å²) in [6.07, 6.45) is 0. The van der Waals surface area contributed by atoms with E-state index in [1.54, 1.807) is 11.8 Å². The third-order valence-electron chi connectivity index (χ3n) is 2.80. The Morgan fingerprint density at radius 2 is 1.56 bits per heavy atom. The lowest BCUT2D eigenvalue weighted by Gasteiger charge is -2.25. The molecule has 0 fully saturated rings. The molecule has 0 aromatic rings. The van der Waals surface area contributed by atoms with Crippen molar-refractivity contribution in [1.82, 2.24) is 5.32 Å². The van der Waals surface area contributed by atoms with Crippen LogP contribution in [0, 0.1) is 17.8 Å². The summed E-state index contributed by atoms with van der Waals surface area (Å²) in [5.41, 5.74) is 0. The quantitative estimate of drug-likeness (QED) is 0.746. The zero-order valence-corrected chi connectivity index (χ0v) is 12.4. The molecule has 96 valence electrons. The summed E-state index contributed by atoms with van der Waals surface area (Å²) in [5.74, 6) is 2.58. The van der Waals surface area contributed by atoms with Crippen molar-refractivity contribution < 1.29 is 4.79 Å². The van der Waals surface area contributed by atoms with E-state index >= 15 is 0 Å². The van der Waals surface area contributed by atoms with Crippen LogP contribution in [0.4, 0.5) is 0 Å². The molecule has 0 radical (unpaired) electrons. The maximum absolute atomic E-state index is 11.6. The number of nitrogens with one attached hydrogen (secondary N) is 1. The lowest BCUT2D eigenvalue weighted by Crippen LogP contribution is -2.35. The van der Waals surface area contributed by atoms with E-state index in [2.05, 4.69) is 46.9 Å². The lowest BCUT2D eigenvalue weighted by atomic mass is 9.85. The highest BCUT2D eigenvalue weighted by Gasteiger charge is 2.18. The summed E-state index contributed by atoms with van der Waals surface area (Å²) in [6.45, 7) is 13.9. The molecule has 16 heavy (non-hydrogen) atoms. The molecule has 0 spiro atoms. The van der Waals surface area contributed by atoms with E-state index in [0.717, 1.165) is 6.54 Å². The largest absolute Gasteiger partial charge is 0.355 e. The van der Waals surface area contributed by atoms with Gasteiger partial charge in [-0.25, -0.2) is 0 Å². The second kappa shape index (κ2) is 7.99. The molecule has 0 unspecified atom stereocenters. The van der Waals surface area contributed by atoms with Crippen molar-refractivity contribution in [2.75, 3.05) is 12.3 Å². The Bertz CT molecular complexity index is 194. The highest BCUT2D eigenvalue weighted by molar-refractivity contribution is 8.00. The average Bonchev–Trinajstić information content (AvgIpc) is 2.13. The van der Waals surface area contributed by atoms with Gasteiger partial charge in [-0.3, -0.25) is 4.79 Å². The van der Waals surface area contributed by atoms with Gasteiger partial charge in [0.05, 0.1) is 5.75 Å². The molecule has 0 atom stereocenters. The smallest absolute Gasteiger partial charge is 0.230 e. The first kappa shape index (κ1) is 15.8. The molecular weight excluding hydrogens is 218 g/mol. The van der Waals surface area contributed by atoms with Crippen LogP contribution in [-0.4, -0.2) is 23.5 Å². The first-order chi connectivity index (χ1) is 7.34. The molecular formula is C13H27NOS. The minimum Gasteiger partial charge on any atom is -0.355 e. The van der Waals surface area contributed by atoms with Crippen molar-refractivity contribution in [1.29, 1.82) is 0 Å². The molecule has 3 heteroatoms. The number of amides is 1. The number of rotatable bonds is 7. The minimum atomic E-state index is 0.171. The Labute approximate surface area is 105 Å². The molecule has 0 aliphatic heterocycles. The number of carbonyl (C=O) groups is 1. The predicted octanol–water partition coefficient (Wildman–Crippen LogP) is 3.17. The van der Waals surface area contributed by atoms with Crippen LogP contribution in [-0.2, 0) is 4.79 Å². The first-order valence-corrected chi connectivity index (χ1v) is 7.27. The van der Waals surface area contributed by atoms with Crippen LogP contribution >= 0.6 is 11.8 Å². The van der Waals surface area contributed by atoms with Crippen LogP contribution < -0.4 is 5.32 Å². The van der Waals surface area contributed by atoms with Crippen LogP contribution in [0.15, 0.2) is 0 Å². The fourth-order valence-corrected chi connectivity index (χ4v) is 2.35. The Morgan fingerprint density at radius 1 is 1.06 bits per heavy atom. The van der Waals surface area contributed by atoms with Crippen molar-refractivity contribution in [2.45, 2.75) is 46.8 Å². The van der Waals surface area contributed by atoms with Gasteiger partial charge in [0.25, 0.3) is 0 Å². The standard InChI is InChI=1S/C13H27NOS/c1-9(2)12(10(3)4)7-14-13(15)8-16-11(5)6/h9-12H,7-8H2,1-6H3,(H,14,15). The van der Waals surface area contributed by atoms with Gasteiger partial charge in [0.1, 0.15) is 0 Å². The van der Waals surface area contributed by atoms with Crippen molar-refractivity contribution in [3.05, 3.63) is 0 Å². The molecule has 1 N–H and O–H groups in total. The average molecular weight is 245 g/mol. The Hall–Kier alpha value is -0.180. The molecule has 1 amide bonds. The fourth-order valence-electron chi connectivity index (χ4n) is 1.77. The summed E-state index contributed by atoms with van der Waals surface area (Å²) in [6, 6.07) is 0. The van der Waals surface area contributed by atoms with Gasteiger partial charge in [0.2, 0.25) is 5.91 Å². The number of carbonyl (C=O) groups excluding carboxylic acids is 1. The number of hydrogen-bond acceptors (Lipinski definition) is 2. The molecule has 0 heterocycles. The van der Waals surface area contributed by atoms with E-state index in [1.165, 1.54) is 0 Å². The second-order valence-electron chi connectivity index (χ2n) is 5.32. The monoisotopic (exact) mass is 245 g/mol. The van der Waals surface area contributed by atoms with Crippen molar-refractivity contribution in [3.63, 3.8) is 0 Å². The summed E-state index contributed by atoms with van der Waals surface area (Å²) in [4.78, 5) is 11.6. The van der Waals surface area contributed by atoms with Crippen LogP contribution in [0.1, 0.15) is 41.5 Å². The lowest BCUT2D eigenvalue weighted by molar-refractivity contribution is -0.118. The summed E-state index contributed by atoms with van der Waals surface area (Å²) in [7, 11) is 0. The summed E-state index contributed by atoms with van der Waals surface area (Å²) in [5, 5.41) is 3.57. The van der Waals surface area contributed by atoms with Gasteiger partial charge in [-0.15, -0.1) is 11.8 Å². The molecule has 0 aliphatic carbocycles. The van der Waals surface area contributed by atoms with Crippen molar-refractivity contribution in [2.24, 2.45) is 17.8 Å². The highest BCUT2D eigenvalue weighted by atomic mass is 32.2. The van der Waals surface area contributed by atoms with E-state index < -0.39 is 0 Å². The third-order valence-corrected chi connectivity index (χ3v) is 3.89. The van der Waals surface area contributed by atoms with E-state index in [0.29, 0.717) is 28.8 Å². The van der Waals surface area contributed by atoms with Crippen LogP contribution in [0.5, 0.6) is 0 Å². The molecule has 0 aromatic heterocycles. The van der Waals surface area contributed by atoms with Crippen LogP contribution in [0.2, 0.25) is 0 Å². The fraction of sp³-hybridized carbons (Fsp3) is 0.923. The maximum Gasteiger partial charge on any atom is 0.230 e. The minimum absolute atomic E-state index is 0.171. The van der Waals surface area contributed by atoms with Gasteiger partial charge in [-0.1, -0.05) is 41.5 Å². The SMILES string of the molecule is CC(C)SCC(=O)NCC(C(C)C)C(C)C. The van der Waals surface area contributed by atoms with Crippen LogP contribution in [0.3, 0.4) is 0 Å². The van der Waals surface area contributed by atoms with E-state index in [4.69, 9.17) is 0 Å². The van der Waals surface area contributed by atoms with E-state index in [9.17, 15) is 4.79 Å². The zero-order chi connectivity index (χ0) is 12.7. The molecule has 0 saturated heterocycles. The summed E-state index contributed by atoms with van der Waals surface area (Å²) < 4.78 is 0. The Balaban J connectivity index is 3.88. The van der Waals surface area contributed by atoms with Gasteiger partial charge >= 0.3 is 0 Å². The van der Waals surface area contributed by atoms with Gasteiger partial charge in [-0.05, 0) is 23.0 Å². The Morgan fingerprint density at radius 3 is 1.94 bits per heavy atom. The van der Waals surface area contributed by atoms with E-state index in [-0.39, 0.29) is 5.91 Å². The Kier molecular flexibility index (Phi) is 7.90. The number of hydrogen-bond donors (Lipinski definition) is 1. The summed E-state index contributed by atoms with van der Waals surface area (Å²) >= 11 is 1.70. The normalized spacial score (nSPS) is 11.9. The van der Waals surface area contributed by atoms with Gasteiger partial charge < -0.3 is 5.32 Å². The molecule has 0 bridgehead atoms. The molecule has 0 saturated carbocycles. The van der Waals surface area contributed by atoms with Gasteiger partial charge in [0.15, 0.2) is 0 Å². The highest BCUT2D eigenvalue weighted by Crippen LogP contribution is 2.19. The molecule has 2 nitrogen and oxygen atoms in total. The maximum atomic E-state index is 11.6. The van der Waals surface area contributed by atoms with Crippen molar-refractivity contribution >= 4 is 17.7 Å². The molecule has 0 rings (SSSR count). The van der Waals surface area contributed by atoms with E-state index in [1.807, 2.05) is 0 Å². The second-order valence-corrected chi connectivity index (χ2v) is 6.88. The number of thioether (sulfide) groups is 1.